The first-order valence-electron chi connectivity index (χ1n) is 4.93. The fourth-order valence-electron chi connectivity index (χ4n) is 1.51. The normalized spacial score (nSPS) is 14.8. The quantitative estimate of drug-likeness (QED) is 0.561. The Balaban J connectivity index is 2.23. The lowest BCUT2D eigenvalue weighted by Gasteiger charge is -2.17. The third-order valence-corrected chi connectivity index (χ3v) is 2.59. The van der Waals surface area contributed by atoms with Crippen molar-refractivity contribution in [3.8, 4) is 0 Å². The molecule has 0 aliphatic heterocycles. The number of anilines is 1. The number of nitrogens with two attached hydrogens (primary N) is 1. The van der Waals surface area contributed by atoms with Gasteiger partial charge in [-0.05, 0) is 25.0 Å². The first kappa shape index (κ1) is 9.92. The van der Waals surface area contributed by atoms with Gasteiger partial charge in [0.15, 0.2) is 5.82 Å². The maximum absolute atomic E-state index is 12.0. The van der Waals surface area contributed by atoms with E-state index in [0.29, 0.717) is 17.4 Å². The van der Waals surface area contributed by atoms with Crippen LogP contribution < -0.4 is 11.3 Å². The summed E-state index contributed by atoms with van der Waals surface area (Å²) in [6.07, 6.45) is 3.78. The number of carbonyl (C=O) groups is 1. The van der Waals surface area contributed by atoms with Gasteiger partial charge >= 0.3 is 0 Å². The number of nitrogens with zero attached hydrogens (tertiary/aromatic N) is 2. The van der Waals surface area contributed by atoms with Crippen LogP contribution in [0.4, 0.5) is 5.82 Å². The van der Waals surface area contributed by atoms with E-state index in [-0.39, 0.29) is 5.91 Å². The van der Waals surface area contributed by atoms with Crippen molar-refractivity contribution in [3.63, 3.8) is 0 Å². The third kappa shape index (κ3) is 1.92. The van der Waals surface area contributed by atoms with Crippen molar-refractivity contribution in [2.45, 2.75) is 18.9 Å². The second-order valence-corrected chi connectivity index (χ2v) is 3.69. The number of pyridine rings is 1. The lowest BCUT2D eigenvalue weighted by Crippen LogP contribution is -2.30. The van der Waals surface area contributed by atoms with Gasteiger partial charge in [-0.25, -0.2) is 10.8 Å². The molecule has 15 heavy (non-hydrogen) atoms. The Kier molecular flexibility index (Phi) is 2.55. The van der Waals surface area contributed by atoms with Gasteiger partial charge in [-0.1, -0.05) is 0 Å². The van der Waals surface area contributed by atoms with Crippen molar-refractivity contribution in [1.29, 1.82) is 0 Å². The van der Waals surface area contributed by atoms with Crippen molar-refractivity contribution >= 4 is 11.7 Å². The Bertz CT molecular complexity index is 375. The van der Waals surface area contributed by atoms with Crippen LogP contribution in [-0.2, 0) is 0 Å². The Labute approximate surface area is 88.3 Å². The molecule has 1 saturated carbocycles. The highest BCUT2D eigenvalue weighted by molar-refractivity contribution is 5.98. The van der Waals surface area contributed by atoms with E-state index in [1.165, 1.54) is 0 Å². The highest BCUT2D eigenvalue weighted by Crippen LogP contribution is 2.27. The second-order valence-electron chi connectivity index (χ2n) is 3.69. The zero-order chi connectivity index (χ0) is 10.8. The smallest absolute Gasteiger partial charge is 0.257 e. The Morgan fingerprint density at radius 3 is 3.00 bits per heavy atom. The summed E-state index contributed by atoms with van der Waals surface area (Å²) in [5.41, 5.74) is 2.95. The van der Waals surface area contributed by atoms with Crippen LogP contribution in [0.25, 0.3) is 0 Å². The van der Waals surface area contributed by atoms with Crippen molar-refractivity contribution in [1.82, 2.24) is 9.88 Å². The Morgan fingerprint density at radius 2 is 2.40 bits per heavy atom. The third-order valence-electron chi connectivity index (χ3n) is 2.59. The van der Waals surface area contributed by atoms with Crippen LogP contribution in [-0.4, -0.2) is 28.9 Å². The van der Waals surface area contributed by atoms with Crippen molar-refractivity contribution in [2.75, 3.05) is 12.5 Å². The van der Waals surface area contributed by atoms with Crippen LogP contribution in [0.1, 0.15) is 23.2 Å². The van der Waals surface area contributed by atoms with Gasteiger partial charge in [-0.15, -0.1) is 0 Å². The molecule has 0 radical (unpaired) electrons. The molecule has 0 spiro atoms. The van der Waals surface area contributed by atoms with Crippen LogP contribution in [0.5, 0.6) is 0 Å². The predicted octanol–water partition coefficient (Wildman–Crippen LogP) is 0.602. The number of nitrogen functional groups attached to an aromatic ring is 1. The number of amides is 1. The highest BCUT2D eigenvalue weighted by Gasteiger charge is 2.30. The molecule has 1 aliphatic carbocycles. The lowest BCUT2D eigenvalue weighted by atomic mass is 10.2. The molecule has 1 amide bonds. The summed E-state index contributed by atoms with van der Waals surface area (Å²) in [7, 11) is 1.81. The maximum Gasteiger partial charge on any atom is 0.257 e. The van der Waals surface area contributed by atoms with Crippen molar-refractivity contribution in [3.05, 3.63) is 23.9 Å². The molecule has 1 aromatic rings. The number of carbonyl (C=O) groups excluding carboxylic acids is 1. The van der Waals surface area contributed by atoms with Crippen LogP contribution in [0.2, 0.25) is 0 Å². The molecule has 1 heterocycles. The monoisotopic (exact) mass is 206 g/mol. The van der Waals surface area contributed by atoms with Crippen LogP contribution in [0, 0.1) is 0 Å². The van der Waals surface area contributed by atoms with Crippen LogP contribution in [0.3, 0.4) is 0 Å². The van der Waals surface area contributed by atoms with Gasteiger partial charge in [0.05, 0.1) is 5.56 Å². The number of hydrogen-bond acceptors (Lipinski definition) is 4. The van der Waals surface area contributed by atoms with Gasteiger partial charge in [0.2, 0.25) is 0 Å². The SMILES string of the molecule is CN(C(=O)c1cccnc1NN)C1CC1. The zero-order valence-corrected chi connectivity index (χ0v) is 8.60. The Morgan fingerprint density at radius 1 is 1.67 bits per heavy atom. The Hall–Kier alpha value is -1.62. The highest BCUT2D eigenvalue weighted by atomic mass is 16.2. The summed E-state index contributed by atoms with van der Waals surface area (Å²) in [4.78, 5) is 17.7. The fraction of sp³-hybridized carbons (Fsp3) is 0.400. The van der Waals surface area contributed by atoms with Crippen LogP contribution >= 0.6 is 0 Å². The molecule has 5 heteroatoms. The largest absolute Gasteiger partial charge is 0.339 e. The molecule has 1 fully saturated rings. The van der Waals surface area contributed by atoms with Gasteiger partial charge in [0.1, 0.15) is 0 Å². The predicted molar refractivity (Wildman–Crippen MR) is 57.2 cm³/mol. The molecular weight excluding hydrogens is 192 g/mol. The topological polar surface area (TPSA) is 71.2 Å². The van der Waals surface area contributed by atoms with E-state index >= 15 is 0 Å². The van der Waals surface area contributed by atoms with E-state index in [0.717, 1.165) is 12.8 Å². The molecule has 3 N–H and O–H groups in total. The minimum absolute atomic E-state index is 0.0291. The lowest BCUT2D eigenvalue weighted by molar-refractivity contribution is 0.0785. The molecule has 0 unspecified atom stereocenters. The molecule has 1 aliphatic rings. The average molecular weight is 206 g/mol. The summed E-state index contributed by atoms with van der Waals surface area (Å²) >= 11 is 0. The van der Waals surface area contributed by atoms with E-state index in [1.54, 1.807) is 23.2 Å². The van der Waals surface area contributed by atoms with E-state index in [4.69, 9.17) is 5.84 Å². The first-order valence-corrected chi connectivity index (χ1v) is 4.93. The van der Waals surface area contributed by atoms with Crippen molar-refractivity contribution < 1.29 is 4.79 Å². The molecule has 80 valence electrons. The maximum atomic E-state index is 12.0. The number of hydrazine groups is 1. The van der Waals surface area contributed by atoms with E-state index in [2.05, 4.69) is 10.4 Å². The fourth-order valence-corrected chi connectivity index (χ4v) is 1.51. The molecular formula is C10H14N4O. The van der Waals surface area contributed by atoms with Gasteiger partial charge in [0.25, 0.3) is 5.91 Å². The first-order chi connectivity index (χ1) is 7.24. The molecule has 1 aromatic heterocycles. The van der Waals surface area contributed by atoms with Gasteiger partial charge < -0.3 is 10.3 Å². The molecule has 0 bridgehead atoms. The average Bonchev–Trinajstić information content (AvgIpc) is 3.11. The summed E-state index contributed by atoms with van der Waals surface area (Å²) in [5, 5.41) is 0. The molecule has 0 saturated heterocycles. The van der Waals surface area contributed by atoms with Gasteiger partial charge in [0, 0.05) is 19.3 Å². The summed E-state index contributed by atoms with van der Waals surface area (Å²) in [5.74, 6) is 5.69. The minimum Gasteiger partial charge on any atom is -0.339 e. The number of aromatic nitrogens is 1. The van der Waals surface area contributed by atoms with Crippen molar-refractivity contribution in [2.24, 2.45) is 5.84 Å². The van der Waals surface area contributed by atoms with E-state index in [9.17, 15) is 4.79 Å². The molecule has 2 rings (SSSR count). The van der Waals surface area contributed by atoms with E-state index in [1.807, 2.05) is 7.05 Å². The zero-order valence-electron chi connectivity index (χ0n) is 8.60. The molecule has 5 nitrogen and oxygen atoms in total. The molecule has 0 atom stereocenters. The second kappa shape index (κ2) is 3.86. The van der Waals surface area contributed by atoms with Gasteiger partial charge in [-0.2, -0.15) is 0 Å². The number of rotatable bonds is 3. The van der Waals surface area contributed by atoms with Crippen LogP contribution in [0.15, 0.2) is 18.3 Å². The molecule has 0 aromatic carbocycles. The van der Waals surface area contributed by atoms with Gasteiger partial charge in [-0.3, -0.25) is 4.79 Å². The summed E-state index contributed by atoms with van der Waals surface area (Å²) < 4.78 is 0. The number of nitrogens with one attached hydrogen (secondary N) is 1. The minimum atomic E-state index is -0.0291. The summed E-state index contributed by atoms with van der Waals surface area (Å²) in [6, 6.07) is 3.85. The summed E-state index contributed by atoms with van der Waals surface area (Å²) in [6.45, 7) is 0. The standard InChI is InChI=1S/C10H14N4O/c1-14(7-4-5-7)10(15)8-3-2-6-12-9(8)13-11/h2-3,6-7H,4-5,11H2,1H3,(H,12,13). The number of hydrogen-bond donors (Lipinski definition) is 2. The van der Waals surface area contributed by atoms with E-state index < -0.39 is 0 Å².